The van der Waals surface area contributed by atoms with Gasteiger partial charge in [0, 0.05) is 18.7 Å². The summed E-state index contributed by atoms with van der Waals surface area (Å²) in [5, 5.41) is 8.07. The molecule has 2 aliphatic heterocycles. The molecule has 1 atom stereocenters. The molecule has 2 aliphatic rings. The van der Waals surface area contributed by atoms with E-state index in [-0.39, 0.29) is 30.5 Å². The highest BCUT2D eigenvalue weighted by Crippen LogP contribution is 2.28. The molecule has 32 heavy (non-hydrogen) atoms. The predicted molar refractivity (Wildman–Crippen MR) is 115 cm³/mol. The second-order valence-electron chi connectivity index (χ2n) is 7.26. The molecule has 3 N–H and O–H groups in total. The van der Waals surface area contributed by atoms with Gasteiger partial charge in [-0.3, -0.25) is 29.4 Å². The number of urea groups is 1. The van der Waals surface area contributed by atoms with Gasteiger partial charge in [0.1, 0.15) is 6.04 Å². The van der Waals surface area contributed by atoms with Crippen LogP contribution in [0.15, 0.2) is 36.4 Å². The van der Waals surface area contributed by atoms with Crippen molar-refractivity contribution in [2.24, 2.45) is 0 Å². The van der Waals surface area contributed by atoms with Gasteiger partial charge in [-0.25, -0.2) is 4.79 Å². The third kappa shape index (κ3) is 4.17. The van der Waals surface area contributed by atoms with Gasteiger partial charge in [-0.1, -0.05) is 29.3 Å². The molecule has 164 valence electrons. The van der Waals surface area contributed by atoms with Crippen molar-refractivity contribution >= 4 is 58.5 Å². The van der Waals surface area contributed by atoms with Crippen LogP contribution in [0.5, 0.6) is 0 Å². The van der Waals surface area contributed by atoms with Gasteiger partial charge in [-0.15, -0.1) is 0 Å². The monoisotopic (exact) mass is 474 g/mol. The number of rotatable bonds is 4. The van der Waals surface area contributed by atoms with Crippen LogP contribution in [0, 0.1) is 0 Å². The van der Waals surface area contributed by atoms with E-state index in [9.17, 15) is 24.0 Å². The van der Waals surface area contributed by atoms with Crippen molar-refractivity contribution in [3.8, 4) is 0 Å². The van der Waals surface area contributed by atoms with Crippen molar-refractivity contribution in [2.75, 3.05) is 5.32 Å². The van der Waals surface area contributed by atoms with Gasteiger partial charge >= 0.3 is 6.03 Å². The normalized spacial score (nSPS) is 17.8. The number of nitrogens with zero attached hydrogens (tertiary/aromatic N) is 1. The Morgan fingerprint density at radius 1 is 1.00 bits per heavy atom. The van der Waals surface area contributed by atoms with Gasteiger partial charge in [-0.2, -0.15) is 0 Å². The Hall–Kier alpha value is -3.43. The number of carbonyl (C=O) groups excluding carboxylic acids is 5. The number of fused-ring (bicyclic) bond motifs is 1. The Labute approximate surface area is 192 Å². The number of hydrogen-bond acceptors (Lipinski definition) is 5. The summed E-state index contributed by atoms with van der Waals surface area (Å²) >= 11 is 11.8. The Bertz CT molecular complexity index is 1180. The predicted octanol–water partition coefficient (Wildman–Crippen LogP) is 2.72. The smallest absolute Gasteiger partial charge is 0.319 e. The number of amides is 6. The fourth-order valence-corrected chi connectivity index (χ4v) is 3.86. The fourth-order valence-electron chi connectivity index (χ4n) is 3.56. The highest BCUT2D eigenvalue weighted by Gasteiger charge is 2.44. The number of imide groups is 2. The first-order chi connectivity index (χ1) is 15.2. The molecule has 0 saturated carbocycles. The molecule has 0 aliphatic carbocycles. The van der Waals surface area contributed by atoms with E-state index in [0.29, 0.717) is 21.3 Å². The van der Waals surface area contributed by atoms with Gasteiger partial charge in [-0.05, 0) is 42.3 Å². The summed E-state index contributed by atoms with van der Waals surface area (Å²) in [6, 6.07) is 7.71. The van der Waals surface area contributed by atoms with E-state index in [0.717, 1.165) is 4.90 Å². The maximum Gasteiger partial charge on any atom is 0.319 e. The number of nitrogens with one attached hydrogen (secondary N) is 3. The zero-order valence-electron chi connectivity index (χ0n) is 16.4. The van der Waals surface area contributed by atoms with E-state index < -0.39 is 35.7 Å². The van der Waals surface area contributed by atoms with Gasteiger partial charge in [0.05, 0.1) is 21.2 Å². The number of hydrogen-bond donors (Lipinski definition) is 3. The minimum atomic E-state index is -1.03. The molecule has 1 unspecified atom stereocenters. The highest BCUT2D eigenvalue weighted by atomic mass is 35.5. The minimum Gasteiger partial charge on any atom is -0.334 e. The molecule has 4 rings (SSSR count). The lowest BCUT2D eigenvalue weighted by Crippen LogP contribution is -2.54. The molecule has 2 aromatic rings. The summed E-state index contributed by atoms with van der Waals surface area (Å²) in [5.41, 5.74) is 1.35. The fraction of sp³-hybridized carbons (Fsp3) is 0.190. The standard InChI is InChI=1S/C21H16Cl2N4O5/c22-14-4-2-11(8-15(14)23)25-21(32)24-9-10-1-3-12-13(7-10)20(31)27(19(12)30)16-5-6-17(28)26-18(16)29/h1-4,7-8,16H,5-6,9H2,(H2,24,25,32)(H,26,28,29). The summed E-state index contributed by atoms with van der Waals surface area (Å²) < 4.78 is 0. The van der Waals surface area contributed by atoms with Crippen LogP contribution in [0.4, 0.5) is 10.5 Å². The van der Waals surface area contributed by atoms with Crippen molar-refractivity contribution in [2.45, 2.75) is 25.4 Å². The van der Waals surface area contributed by atoms with Crippen molar-refractivity contribution in [1.82, 2.24) is 15.5 Å². The molecule has 1 fully saturated rings. The lowest BCUT2D eigenvalue weighted by molar-refractivity contribution is -0.136. The number of anilines is 1. The Morgan fingerprint density at radius 2 is 1.75 bits per heavy atom. The zero-order chi connectivity index (χ0) is 23.0. The average molecular weight is 475 g/mol. The van der Waals surface area contributed by atoms with E-state index >= 15 is 0 Å². The van der Waals surface area contributed by atoms with Gasteiger partial charge in [0.15, 0.2) is 0 Å². The van der Waals surface area contributed by atoms with Crippen LogP contribution in [0.3, 0.4) is 0 Å². The van der Waals surface area contributed by atoms with Crippen LogP contribution < -0.4 is 16.0 Å². The third-order valence-corrected chi connectivity index (χ3v) is 5.87. The van der Waals surface area contributed by atoms with Crippen LogP contribution in [0.2, 0.25) is 10.0 Å². The van der Waals surface area contributed by atoms with Crippen molar-refractivity contribution < 1.29 is 24.0 Å². The van der Waals surface area contributed by atoms with Crippen LogP contribution in [0.1, 0.15) is 39.1 Å². The van der Waals surface area contributed by atoms with Gasteiger partial charge < -0.3 is 10.6 Å². The van der Waals surface area contributed by atoms with E-state index in [1.165, 1.54) is 18.2 Å². The largest absolute Gasteiger partial charge is 0.334 e. The molecular weight excluding hydrogens is 459 g/mol. The van der Waals surface area contributed by atoms with Crippen molar-refractivity contribution in [1.29, 1.82) is 0 Å². The molecule has 11 heteroatoms. The zero-order valence-corrected chi connectivity index (χ0v) is 17.9. The molecule has 1 saturated heterocycles. The molecule has 2 heterocycles. The first-order valence-corrected chi connectivity index (χ1v) is 10.3. The van der Waals surface area contributed by atoms with Crippen LogP contribution in [-0.2, 0) is 16.1 Å². The quantitative estimate of drug-likeness (QED) is 0.587. The molecule has 0 spiro atoms. The first-order valence-electron chi connectivity index (χ1n) is 9.59. The SMILES string of the molecule is O=C1CCC(N2C(=O)c3ccc(CNC(=O)Nc4ccc(Cl)c(Cl)c4)cc3C2=O)C(=O)N1. The van der Waals surface area contributed by atoms with E-state index in [4.69, 9.17) is 23.2 Å². The number of halogens is 2. The summed E-state index contributed by atoms with van der Waals surface area (Å²) in [6.07, 6.45) is 0.131. The van der Waals surface area contributed by atoms with E-state index in [1.54, 1.807) is 18.2 Å². The molecule has 0 radical (unpaired) electrons. The topological polar surface area (TPSA) is 125 Å². The average Bonchev–Trinajstić information content (AvgIpc) is 2.99. The molecular formula is C21H16Cl2N4O5. The lowest BCUT2D eigenvalue weighted by Gasteiger charge is -2.27. The molecule has 6 amide bonds. The maximum atomic E-state index is 12.8. The number of piperidine rings is 1. The van der Waals surface area contributed by atoms with Crippen LogP contribution in [0.25, 0.3) is 0 Å². The molecule has 2 aromatic carbocycles. The number of benzene rings is 2. The summed E-state index contributed by atoms with van der Waals surface area (Å²) in [6.45, 7) is 0.0837. The van der Waals surface area contributed by atoms with Gasteiger partial charge in [0.2, 0.25) is 11.8 Å². The van der Waals surface area contributed by atoms with Crippen molar-refractivity contribution in [3.05, 3.63) is 63.1 Å². The van der Waals surface area contributed by atoms with Crippen LogP contribution in [-0.4, -0.2) is 40.6 Å². The minimum absolute atomic E-state index is 0.0485. The molecule has 0 bridgehead atoms. The molecule has 9 nitrogen and oxygen atoms in total. The Kier molecular flexibility index (Phi) is 5.86. The van der Waals surface area contributed by atoms with Crippen LogP contribution >= 0.6 is 23.2 Å². The maximum absolute atomic E-state index is 12.8. The summed E-state index contributed by atoms with van der Waals surface area (Å²) in [7, 11) is 0. The summed E-state index contributed by atoms with van der Waals surface area (Å²) in [4.78, 5) is 62.1. The third-order valence-electron chi connectivity index (χ3n) is 5.13. The first kappa shape index (κ1) is 21.8. The number of carbonyl (C=O) groups is 5. The molecule has 0 aromatic heterocycles. The van der Waals surface area contributed by atoms with E-state index in [1.807, 2.05) is 0 Å². The van der Waals surface area contributed by atoms with Crippen molar-refractivity contribution in [3.63, 3.8) is 0 Å². The second kappa shape index (κ2) is 8.60. The Morgan fingerprint density at radius 3 is 2.47 bits per heavy atom. The van der Waals surface area contributed by atoms with E-state index in [2.05, 4.69) is 16.0 Å². The second-order valence-corrected chi connectivity index (χ2v) is 8.08. The van der Waals surface area contributed by atoms with Gasteiger partial charge in [0.25, 0.3) is 11.8 Å². The summed E-state index contributed by atoms with van der Waals surface area (Å²) in [5.74, 6) is -2.30. The lowest BCUT2D eigenvalue weighted by atomic mass is 10.0. The Balaban J connectivity index is 1.43. The highest BCUT2D eigenvalue weighted by molar-refractivity contribution is 6.42.